The number of nitrogens with two attached hydrogens (primary N) is 2. The summed E-state index contributed by atoms with van der Waals surface area (Å²) in [5.74, 6) is -0.189. The Labute approximate surface area is 233 Å². The van der Waals surface area contributed by atoms with Crippen LogP contribution in [0.5, 0.6) is 0 Å². The van der Waals surface area contributed by atoms with Crippen LogP contribution in [0.2, 0.25) is 0 Å². The molecule has 1 aliphatic heterocycles. The minimum Gasteiger partial charge on any atom is -0.394 e. The van der Waals surface area contributed by atoms with Crippen LogP contribution < -0.4 is 27.8 Å². The molecule has 2 aromatic rings. The Bertz CT molecular complexity index is 1300. The fraction of sp³-hybridized carbons (Fsp3) is 0.571. The molecule has 3 aliphatic rings. The number of urea groups is 1. The summed E-state index contributed by atoms with van der Waals surface area (Å²) in [6, 6.07) is 8.58. The Kier molecular flexibility index (Phi) is 8.22. The van der Waals surface area contributed by atoms with Crippen LogP contribution in [-0.4, -0.2) is 92.8 Å². The van der Waals surface area contributed by atoms with Gasteiger partial charge in [-0.1, -0.05) is 6.07 Å². The van der Waals surface area contributed by atoms with Crippen molar-refractivity contribution in [1.82, 2.24) is 24.7 Å². The van der Waals surface area contributed by atoms with E-state index in [0.29, 0.717) is 44.3 Å². The summed E-state index contributed by atoms with van der Waals surface area (Å²) < 4.78 is 1.48. The van der Waals surface area contributed by atoms with Crippen molar-refractivity contribution in [1.29, 1.82) is 0 Å². The average molecular weight is 553 g/mol. The van der Waals surface area contributed by atoms with E-state index in [0.717, 1.165) is 44.2 Å². The summed E-state index contributed by atoms with van der Waals surface area (Å²) in [5, 5.41) is 15.8. The lowest BCUT2D eigenvalue weighted by Crippen LogP contribution is -2.60. The second kappa shape index (κ2) is 11.7. The number of amides is 3. The molecular formula is C28H40N8O4. The zero-order chi connectivity index (χ0) is 28.4. The fourth-order valence-corrected chi connectivity index (χ4v) is 5.93. The van der Waals surface area contributed by atoms with Crippen molar-refractivity contribution in [2.24, 2.45) is 11.5 Å². The first-order chi connectivity index (χ1) is 19.1. The Morgan fingerprint density at radius 1 is 1.07 bits per heavy atom. The van der Waals surface area contributed by atoms with E-state index in [2.05, 4.69) is 27.8 Å². The monoisotopic (exact) mass is 552 g/mol. The highest BCUT2D eigenvalue weighted by molar-refractivity contribution is 5.89. The molecule has 2 aliphatic carbocycles. The van der Waals surface area contributed by atoms with Crippen molar-refractivity contribution < 1.29 is 14.7 Å². The molecule has 2 fully saturated rings. The van der Waals surface area contributed by atoms with Crippen molar-refractivity contribution in [3.8, 4) is 5.69 Å². The van der Waals surface area contributed by atoms with Crippen molar-refractivity contribution >= 4 is 17.8 Å². The van der Waals surface area contributed by atoms with E-state index in [1.54, 1.807) is 22.1 Å². The van der Waals surface area contributed by atoms with Crippen molar-refractivity contribution in [3.63, 3.8) is 0 Å². The molecule has 1 aromatic heterocycles. The molecule has 0 radical (unpaired) electrons. The van der Waals surface area contributed by atoms with Gasteiger partial charge in [0.25, 0.3) is 0 Å². The number of nitrogens with one attached hydrogen (secondary N) is 2. The molecule has 3 unspecified atom stereocenters. The Morgan fingerprint density at radius 3 is 2.50 bits per heavy atom. The summed E-state index contributed by atoms with van der Waals surface area (Å²) in [5.41, 5.74) is 13.4. The van der Waals surface area contributed by atoms with Gasteiger partial charge in [-0.25, -0.2) is 9.59 Å². The zero-order valence-corrected chi connectivity index (χ0v) is 23.0. The van der Waals surface area contributed by atoms with E-state index in [1.165, 1.54) is 22.6 Å². The van der Waals surface area contributed by atoms with Gasteiger partial charge in [-0.15, -0.1) is 0 Å². The van der Waals surface area contributed by atoms with E-state index >= 15 is 0 Å². The largest absolute Gasteiger partial charge is 0.394 e. The second-order valence-corrected chi connectivity index (χ2v) is 11.6. The maximum absolute atomic E-state index is 12.9. The third kappa shape index (κ3) is 6.20. The minimum atomic E-state index is -1.35. The van der Waals surface area contributed by atoms with E-state index in [4.69, 9.17) is 11.5 Å². The van der Waals surface area contributed by atoms with Gasteiger partial charge in [-0.2, -0.15) is 4.98 Å². The maximum Gasteiger partial charge on any atom is 0.354 e. The van der Waals surface area contributed by atoms with Crippen molar-refractivity contribution in [3.05, 3.63) is 52.1 Å². The Morgan fingerprint density at radius 2 is 1.82 bits per heavy atom. The molecular weight excluding hydrogens is 512 g/mol. The highest BCUT2D eigenvalue weighted by Crippen LogP contribution is 2.26. The zero-order valence-electron chi connectivity index (χ0n) is 23.0. The van der Waals surface area contributed by atoms with Crippen molar-refractivity contribution in [2.75, 3.05) is 38.1 Å². The number of fused-ring (bicyclic) bond motifs is 1. The van der Waals surface area contributed by atoms with Crippen LogP contribution >= 0.6 is 0 Å². The number of aliphatic hydroxyl groups excluding tert-OH is 1. The number of carbonyl (C=O) groups excluding carboxylic acids is 2. The maximum atomic E-state index is 12.9. The van der Waals surface area contributed by atoms with E-state index in [-0.39, 0.29) is 11.7 Å². The molecule has 5 rings (SSSR count). The molecule has 2 heterocycles. The number of benzene rings is 1. The number of nitrogens with zero attached hydrogens (tertiary/aromatic N) is 4. The van der Waals surface area contributed by atoms with Gasteiger partial charge >= 0.3 is 11.7 Å². The topological polar surface area (TPSA) is 172 Å². The molecule has 3 amide bonds. The predicted molar refractivity (Wildman–Crippen MR) is 151 cm³/mol. The number of aliphatic hydroxyl groups is 1. The molecule has 0 spiro atoms. The van der Waals surface area contributed by atoms with Gasteiger partial charge < -0.3 is 31.7 Å². The van der Waals surface area contributed by atoms with Gasteiger partial charge in [0.2, 0.25) is 5.91 Å². The van der Waals surface area contributed by atoms with Gasteiger partial charge in [0.05, 0.1) is 12.3 Å². The lowest BCUT2D eigenvalue weighted by molar-refractivity contribution is -0.139. The van der Waals surface area contributed by atoms with Crippen LogP contribution in [0.1, 0.15) is 43.7 Å². The van der Waals surface area contributed by atoms with E-state index in [1.807, 2.05) is 6.07 Å². The number of hydrogen-bond donors (Lipinski definition) is 5. The molecule has 4 atom stereocenters. The number of piperazine rings is 1. The molecule has 0 bridgehead atoms. The fourth-order valence-electron chi connectivity index (χ4n) is 5.93. The summed E-state index contributed by atoms with van der Waals surface area (Å²) in [6.45, 7) is 2.24. The standard InChI is InChI=1S/C28H40N8O4/c1-28(30,17-37)25(38)34-10-12-35(13-11-34)26(39)32-24-8-9-36(27(40)33-24)23-7-3-18-14-21(5-2-19(18)15-23)31-22-6-4-20(29)16-22/h3,7-9,15,20-22,31,37H,2,4-6,10-14,16-17,29-30H2,1H3,(H,32,33,39,40)/t20?,21?,22?,28-/m0/s1. The van der Waals surface area contributed by atoms with Crippen LogP contribution in [0.4, 0.5) is 10.6 Å². The lowest BCUT2D eigenvalue weighted by atomic mass is 9.87. The second-order valence-electron chi connectivity index (χ2n) is 11.6. The molecule has 12 heteroatoms. The van der Waals surface area contributed by atoms with Gasteiger partial charge in [0.1, 0.15) is 11.4 Å². The first-order valence-corrected chi connectivity index (χ1v) is 14.1. The first-order valence-electron chi connectivity index (χ1n) is 14.1. The first kappa shape index (κ1) is 28.2. The van der Waals surface area contributed by atoms with Gasteiger partial charge in [-0.3, -0.25) is 14.7 Å². The van der Waals surface area contributed by atoms with Gasteiger partial charge in [0.15, 0.2) is 0 Å². The van der Waals surface area contributed by atoms with Crippen LogP contribution in [-0.2, 0) is 17.6 Å². The number of rotatable bonds is 6. The lowest BCUT2D eigenvalue weighted by Gasteiger charge is -2.37. The highest BCUT2D eigenvalue weighted by Gasteiger charge is 2.34. The molecule has 1 saturated heterocycles. The number of aryl methyl sites for hydroxylation is 1. The average Bonchev–Trinajstić information content (AvgIpc) is 3.36. The van der Waals surface area contributed by atoms with Crippen LogP contribution in [0, 0.1) is 0 Å². The van der Waals surface area contributed by atoms with E-state index < -0.39 is 23.9 Å². The van der Waals surface area contributed by atoms with Gasteiger partial charge in [0, 0.05) is 50.5 Å². The quantitative estimate of drug-likeness (QED) is 0.332. The Balaban J connectivity index is 1.17. The van der Waals surface area contributed by atoms with Crippen molar-refractivity contribution in [2.45, 2.75) is 69.1 Å². The third-order valence-electron chi connectivity index (χ3n) is 8.35. The summed E-state index contributed by atoms with van der Waals surface area (Å²) in [7, 11) is 0. The molecule has 1 saturated carbocycles. The molecule has 1 aromatic carbocycles. The summed E-state index contributed by atoms with van der Waals surface area (Å²) in [6.07, 6.45) is 7.87. The number of aromatic nitrogens is 2. The predicted octanol–water partition coefficient (Wildman–Crippen LogP) is -0.0550. The highest BCUT2D eigenvalue weighted by atomic mass is 16.3. The Hall–Kier alpha value is -3.32. The molecule has 40 heavy (non-hydrogen) atoms. The SMILES string of the molecule is C[C@](N)(CO)C(=O)N1CCN(C(=O)Nc2ccn(-c3ccc4c(c3)CCC(NC3CCC(N)C3)C4)c(=O)n2)CC1. The van der Waals surface area contributed by atoms with E-state index in [9.17, 15) is 19.5 Å². The van der Waals surface area contributed by atoms with Crippen LogP contribution in [0.3, 0.4) is 0 Å². The van der Waals surface area contributed by atoms with Crippen LogP contribution in [0.25, 0.3) is 5.69 Å². The normalized spacial score (nSPS) is 24.4. The smallest absolute Gasteiger partial charge is 0.354 e. The van der Waals surface area contributed by atoms with Gasteiger partial charge in [-0.05, 0) is 74.8 Å². The summed E-state index contributed by atoms with van der Waals surface area (Å²) >= 11 is 0. The molecule has 7 N–H and O–H groups in total. The molecule has 12 nitrogen and oxygen atoms in total. The number of anilines is 1. The number of hydrogen-bond acceptors (Lipinski definition) is 8. The molecule has 216 valence electrons. The summed E-state index contributed by atoms with van der Waals surface area (Å²) in [4.78, 5) is 45.2. The number of carbonyl (C=O) groups is 2. The third-order valence-corrected chi connectivity index (χ3v) is 8.35. The minimum absolute atomic E-state index is 0.165. The van der Waals surface area contributed by atoms with Crippen LogP contribution in [0.15, 0.2) is 35.3 Å².